The molecule has 1 aromatic heterocycles. The van der Waals surface area contributed by atoms with E-state index in [4.69, 9.17) is 10.2 Å². The normalized spacial score (nSPS) is 12.6. The van der Waals surface area contributed by atoms with Gasteiger partial charge in [0.2, 0.25) is 0 Å². The van der Waals surface area contributed by atoms with Crippen LogP contribution in [-0.2, 0) is 0 Å². The molecule has 0 aliphatic heterocycles. The predicted octanol–water partition coefficient (Wildman–Crippen LogP) is 3.69. The van der Waals surface area contributed by atoms with E-state index in [0.29, 0.717) is 6.54 Å². The second-order valence-electron chi connectivity index (χ2n) is 4.04. The standard InChI is InChI=1S/C14H17NOS/c1-10-5-3-4-6-12(10)14(9-15)17-13-7-8-16-11(13)2/h3-8,14H,9,15H2,1-2H3. The van der Waals surface area contributed by atoms with Crippen LogP contribution in [0.15, 0.2) is 45.9 Å². The van der Waals surface area contributed by atoms with Crippen LogP contribution in [-0.4, -0.2) is 6.54 Å². The van der Waals surface area contributed by atoms with Crippen LogP contribution in [0.1, 0.15) is 22.1 Å². The Morgan fingerprint density at radius 2 is 2.00 bits per heavy atom. The molecule has 2 aromatic rings. The molecule has 2 N–H and O–H groups in total. The van der Waals surface area contributed by atoms with Crippen molar-refractivity contribution < 1.29 is 4.42 Å². The molecule has 1 aromatic carbocycles. The van der Waals surface area contributed by atoms with Crippen molar-refractivity contribution in [2.24, 2.45) is 5.73 Å². The van der Waals surface area contributed by atoms with Gasteiger partial charge >= 0.3 is 0 Å². The summed E-state index contributed by atoms with van der Waals surface area (Å²) in [6, 6.07) is 10.4. The van der Waals surface area contributed by atoms with Crippen molar-refractivity contribution in [2.45, 2.75) is 24.0 Å². The summed E-state index contributed by atoms with van der Waals surface area (Å²) in [5.41, 5.74) is 8.48. The Morgan fingerprint density at radius 1 is 1.24 bits per heavy atom. The Morgan fingerprint density at radius 3 is 2.59 bits per heavy atom. The van der Waals surface area contributed by atoms with Crippen molar-refractivity contribution in [2.75, 3.05) is 6.54 Å². The fourth-order valence-electron chi connectivity index (χ4n) is 1.84. The van der Waals surface area contributed by atoms with Gasteiger partial charge in [-0.25, -0.2) is 0 Å². The highest BCUT2D eigenvalue weighted by Gasteiger charge is 2.15. The predicted molar refractivity (Wildman–Crippen MR) is 72.3 cm³/mol. The second kappa shape index (κ2) is 5.43. The number of furan rings is 1. The van der Waals surface area contributed by atoms with Gasteiger partial charge in [0.25, 0.3) is 0 Å². The zero-order valence-corrected chi connectivity index (χ0v) is 11.0. The van der Waals surface area contributed by atoms with Gasteiger partial charge in [0, 0.05) is 16.7 Å². The molecule has 0 saturated heterocycles. The number of benzene rings is 1. The van der Waals surface area contributed by atoms with Crippen molar-refractivity contribution in [3.63, 3.8) is 0 Å². The molecule has 3 heteroatoms. The number of aryl methyl sites for hydroxylation is 2. The van der Waals surface area contributed by atoms with E-state index in [1.807, 2.05) is 13.0 Å². The third kappa shape index (κ3) is 2.73. The molecule has 0 aliphatic carbocycles. The Bertz CT molecular complexity index is 492. The first kappa shape index (κ1) is 12.3. The zero-order valence-electron chi connectivity index (χ0n) is 10.1. The monoisotopic (exact) mass is 247 g/mol. The zero-order chi connectivity index (χ0) is 12.3. The third-order valence-corrected chi connectivity index (χ3v) is 4.24. The minimum atomic E-state index is 0.285. The highest BCUT2D eigenvalue weighted by molar-refractivity contribution is 7.99. The Labute approximate surface area is 106 Å². The van der Waals surface area contributed by atoms with Crippen molar-refractivity contribution in [1.82, 2.24) is 0 Å². The van der Waals surface area contributed by atoms with Crippen LogP contribution in [0.5, 0.6) is 0 Å². The Balaban J connectivity index is 2.23. The maximum absolute atomic E-state index is 5.89. The van der Waals surface area contributed by atoms with Crippen LogP contribution < -0.4 is 5.73 Å². The lowest BCUT2D eigenvalue weighted by Crippen LogP contribution is -2.10. The molecule has 0 saturated carbocycles. The maximum atomic E-state index is 5.89. The van der Waals surface area contributed by atoms with Gasteiger partial charge in [0.1, 0.15) is 5.76 Å². The first-order valence-corrected chi connectivity index (χ1v) is 6.56. The second-order valence-corrected chi connectivity index (χ2v) is 5.28. The fourth-order valence-corrected chi connectivity index (χ4v) is 2.98. The molecule has 0 spiro atoms. The van der Waals surface area contributed by atoms with E-state index in [9.17, 15) is 0 Å². The molecule has 0 fully saturated rings. The van der Waals surface area contributed by atoms with Crippen molar-refractivity contribution >= 4 is 11.8 Å². The average molecular weight is 247 g/mol. The summed E-state index contributed by atoms with van der Waals surface area (Å²) in [6.45, 7) is 4.73. The number of nitrogens with two attached hydrogens (primary N) is 1. The van der Waals surface area contributed by atoms with Crippen LogP contribution in [0.4, 0.5) is 0 Å². The molecule has 1 heterocycles. The summed E-state index contributed by atoms with van der Waals surface area (Å²) in [7, 11) is 0. The lowest BCUT2D eigenvalue weighted by molar-refractivity contribution is 0.526. The van der Waals surface area contributed by atoms with Crippen LogP contribution >= 0.6 is 11.8 Å². The molecule has 0 bridgehead atoms. The molecule has 0 radical (unpaired) electrons. The van der Waals surface area contributed by atoms with Crippen LogP contribution in [0.3, 0.4) is 0 Å². The molecule has 17 heavy (non-hydrogen) atoms. The SMILES string of the molecule is Cc1ccccc1C(CN)Sc1ccoc1C. The van der Waals surface area contributed by atoms with Crippen molar-refractivity contribution in [3.05, 3.63) is 53.5 Å². The van der Waals surface area contributed by atoms with Gasteiger partial charge in [-0.3, -0.25) is 0 Å². The van der Waals surface area contributed by atoms with Crippen LogP contribution in [0.25, 0.3) is 0 Å². The molecular weight excluding hydrogens is 230 g/mol. The largest absolute Gasteiger partial charge is 0.468 e. The van der Waals surface area contributed by atoms with Gasteiger partial charge in [-0.1, -0.05) is 24.3 Å². The molecular formula is C14H17NOS. The van der Waals surface area contributed by atoms with E-state index in [2.05, 4.69) is 31.2 Å². The molecule has 90 valence electrons. The summed E-state index contributed by atoms with van der Waals surface area (Å²) in [5.74, 6) is 0.960. The lowest BCUT2D eigenvalue weighted by Gasteiger charge is -2.16. The first-order chi connectivity index (χ1) is 8.22. The van der Waals surface area contributed by atoms with E-state index in [0.717, 1.165) is 5.76 Å². The minimum Gasteiger partial charge on any atom is -0.468 e. The number of hydrogen-bond donors (Lipinski definition) is 1. The third-order valence-electron chi connectivity index (χ3n) is 2.83. The highest BCUT2D eigenvalue weighted by atomic mass is 32.2. The topological polar surface area (TPSA) is 39.2 Å². The molecule has 2 nitrogen and oxygen atoms in total. The van der Waals surface area contributed by atoms with E-state index in [-0.39, 0.29) is 5.25 Å². The quantitative estimate of drug-likeness (QED) is 0.837. The van der Waals surface area contributed by atoms with E-state index in [1.54, 1.807) is 18.0 Å². The van der Waals surface area contributed by atoms with E-state index in [1.165, 1.54) is 16.0 Å². The minimum absolute atomic E-state index is 0.285. The van der Waals surface area contributed by atoms with Gasteiger partial charge in [0.15, 0.2) is 0 Å². The van der Waals surface area contributed by atoms with E-state index < -0.39 is 0 Å². The van der Waals surface area contributed by atoms with Crippen LogP contribution in [0.2, 0.25) is 0 Å². The number of thioether (sulfide) groups is 1. The lowest BCUT2D eigenvalue weighted by atomic mass is 10.1. The molecule has 0 aliphatic rings. The summed E-state index contributed by atoms with van der Waals surface area (Å²) in [5, 5.41) is 0.285. The maximum Gasteiger partial charge on any atom is 0.114 e. The number of rotatable bonds is 4. The van der Waals surface area contributed by atoms with Gasteiger partial charge < -0.3 is 10.2 Å². The Kier molecular flexibility index (Phi) is 3.92. The molecule has 1 atom stereocenters. The first-order valence-electron chi connectivity index (χ1n) is 5.68. The smallest absolute Gasteiger partial charge is 0.114 e. The average Bonchev–Trinajstić information content (AvgIpc) is 2.73. The molecule has 0 amide bonds. The summed E-state index contributed by atoms with van der Waals surface area (Å²) in [4.78, 5) is 1.17. The van der Waals surface area contributed by atoms with Gasteiger partial charge in [-0.2, -0.15) is 0 Å². The highest BCUT2D eigenvalue weighted by Crippen LogP contribution is 2.37. The molecule has 2 rings (SSSR count). The van der Waals surface area contributed by atoms with Crippen molar-refractivity contribution in [3.8, 4) is 0 Å². The van der Waals surface area contributed by atoms with Crippen LogP contribution in [0, 0.1) is 13.8 Å². The Hall–Kier alpha value is -1.19. The molecule has 1 unspecified atom stereocenters. The summed E-state index contributed by atoms with van der Waals surface area (Å²) in [6.07, 6.45) is 1.73. The van der Waals surface area contributed by atoms with Crippen molar-refractivity contribution in [1.29, 1.82) is 0 Å². The van der Waals surface area contributed by atoms with Gasteiger partial charge in [0.05, 0.1) is 6.26 Å². The summed E-state index contributed by atoms with van der Waals surface area (Å²) >= 11 is 1.77. The summed E-state index contributed by atoms with van der Waals surface area (Å²) < 4.78 is 5.31. The number of hydrogen-bond acceptors (Lipinski definition) is 3. The van der Waals surface area contributed by atoms with Gasteiger partial charge in [-0.05, 0) is 31.0 Å². The van der Waals surface area contributed by atoms with Gasteiger partial charge in [-0.15, -0.1) is 11.8 Å². The van der Waals surface area contributed by atoms with E-state index >= 15 is 0 Å². The fraction of sp³-hybridized carbons (Fsp3) is 0.286.